The number of H-pyrrole nitrogens is 1. The molecule has 0 atom stereocenters. The predicted molar refractivity (Wildman–Crippen MR) is 84.0 cm³/mol. The number of carbonyl (C=O) groups is 1. The molecule has 1 aromatic heterocycles. The number of nitrogens with one attached hydrogen (secondary N) is 2. The second-order valence-corrected chi connectivity index (χ2v) is 4.78. The van der Waals surface area contributed by atoms with Crippen LogP contribution in [0.1, 0.15) is 16.1 Å². The highest BCUT2D eigenvalue weighted by Crippen LogP contribution is 2.22. The third kappa shape index (κ3) is 2.63. The Morgan fingerprint density at radius 1 is 1.23 bits per heavy atom. The quantitative estimate of drug-likeness (QED) is 0.777. The first-order valence-corrected chi connectivity index (χ1v) is 6.68. The zero-order valence-corrected chi connectivity index (χ0v) is 11.9. The highest BCUT2D eigenvalue weighted by atomic mass is 16.5. The van der Waals surface area contributed by atoms with Crippen LogP contribution in [-0.2, 0) is 0 Å². The van der Waals surface area contributed by atoms with Gasteiger partial charge in [0.2, 0.25) is 0 Å². The summed E-state index contributed by atoms with van der Waals surface area (Å²) in [7, 11) is 1.60. The van der Waals surface area contributed by atoms with Crippen LogP contribution in [0, 0.1) is 11.3 Å². The van der Waals surface area contributed by atoms with Crippen molar-refractivity contribution >= 4 is 22.5 Å². The molecule has 0 radical (unpaired) electrons. The van der Waals surface area contributed by atoms with Gasteiger partial charge in [-0.1, -0.05) is 6.07 Å². The summed E-state index contributed by atoms with van der Waals surface area (Å²) >= 11 is 0. The van der Waals surface area contributed by atoms with Crippen LogP contribution in [-0.4, -0.2) is 18.0 Å². The second-order valence-electron chi connectivity index (χ2n) is 4.78. The monoisotopic (exact) mass is 291 g/mol. The number of hydrogen-bond acceptors (Lipinski definition) is 3. The van der Waals surface area contributed by atoms with Crippen molar-refractivity contribution in [1.82, 2.24) is 4.98 Å². The van der Waals surface area contributed by atoms with Crippen LogP contribution in [0.3, 0.4) is 0 Å². The van der Waals surface area contributed by atoms with Gasteiger partial charge in [-0.15, -0.1) is 0 Å². The topological polar surface area (TPSA) is 77.9 Å². The summed E-state index contributed by atoms with van der Waals surface area (Å²) in [5, 5.41) is 12.5. The molecule has 3 aromatic rings. The summed E-state index contributed by atoms with van der Waals surface area (Å²) in [6, 6.07) is 16.1. The van der Waals surface area contributed by atoms with Crippen LogP contribution in [0.5, 0.6) is 5.75 Å². The number of benzene rings is 2. The Hall–Kier alpha value is -3.26. The fourth-order valence-electron chi connectivity index (χ4n) is 2.22. The number of amides is 1. The van der Waals surface area contributed by atoms with Gasteiger partial charge in [0.25, 0.3) is 5.91 Å². The van der Waals surface area contributed by atoms with E-state index in [-0.39, 0.29) is 5.91 Å². The van der Waals surface area contributed by atoms with Crippen LogP contribution in [0.2, 0.25) is 0 Å². The van der Waals surface area contributed by atoms with E-state index in [2.05, 4.69) is 10.3 Å². The number of aromatic amines is 1. The van der Waals surface area contributed by atoms with Crippen molar-refractivity contribution in [2.75, 3.05) is 12.4 Å². The minimum absolute atomic E-state index is 0.259. The average molecular weight is 291 g/mol. The van der Waals surface area contributed by atoms with Gasteiger partial charge in [0, 0.05) is 16.6 Å². The summed E-state index contributed by atoms with van der Waals surface area (Å²) in [6.07, 6.45) is 0. The molecule has 0 aliphatic heterocycles. The van der Waals surface area contributed by atoms with E-state index in [4.69, 9.17) is 10.00 Å². The number of nitrogens with zero attached hydrogens (tertiary/aromatic N) is 1. The van der Waals surface area contributed by atoms with E-state index < -0.39 is 0 Å². The molecule has 108 valence electrons. The fraction of sp³-hybridized carbons (Fsp3) is 0.0588. The van der Waals surface area contributed by atoms with Gasteiger partial charge in [0.15, 0.2) is 0 Å². The third-order valence-electron chi connectivity index (χ3n) is 3.32. The van der Waals surface area contributed by atoms with E-state index in [0.717, 1.165) is 16.7 Å². The maximum Gasteiger partial charge on any atom is 0.272 e. The molecule has 2 aromatic carbocycles. The molecule has 0 bridgehead atoms. The van der Waals surface area contributed by atoms with E-state index in [1.165, 1.54) is 0 Å². The van der Waals surface area contributed by atoms with Crippen molar-refractivity contribution < 1.29 is 9.53 Å². The van der Waals surface area contributed by atoms with Gasteiger partial charge in [-0.05, 0) is 42.5 Å². The van der Waals surface area contributed by atoms with Crippen LogP contribution in [0.15, 0.2) is 48.5 Å². The van der Waals surface area contributed by atoms with Crippen molar-refractivity contribution in [3.8, 4) is 11.8 Å². The maximum absolute atomic E-state index is 12.3. The minimum atomic E-state index is -0.259. The van der Waals surface area contributed by atoms with Crippen molar-refractivity contribution in [3.63, 3.8) is 0 Å². The van der Waals surface area contributed by atoms with Gasteiger partial charge < -0.3 is 15.0 Å². The molecule has 5 heteroatoms. The molecule has 0 unspecified atom stereocenters. The number of methoxy groups -OCH3 is 1. The van der Waals surface area contributed by atoms with E-state index in [9.17, 15) is 4.79 Å². The second kappa shape index (κ2) is 5.62. The lowest BCUT2D eigenvalue weighted by Crippen LogP contribution is -2.12. The minimum Gasteiger partial charge on any atom is -0.497 e. The first-order valence-electron chi connectivity index (χ1n) is 6.68. The zero-order chi connectivity index (χ0) is 15.5. The molecule has 1 heterocycles. The fourth-order valence-corrected chi connectivity index (χ4v) is 2.22. The Labute approximate surface area is 127 Å². The van der Waals surface area contributed by atoms with Crippen molar-refractivity contribution in [3.05, 3.63) is 59.8 Å². The zero-order valence-electron chi connectivity index (χ0n) is 11.9. The molecule has 0 aliphatic rings. The van der Waals surface area contributed by atoms with Crippen LogP contribution >= 0.6 is 0 Å². The van der Waals surface area contributed by atoms with E-state index >= 15 is 0 Å². The number of aromatic nitrogens is 1. The SMILES string of the molecule is COc1ccc2[nH]c(C(=O)Nc3cccc(C#N)c3)cc2c1. The van der Waals surface area contributed by atoms with Gasteiger partial charge in [-0.25, -0.2) is 0 Å². The summed E-state index contributed by atoms with van der Waals surface area (Å²) < 4.78 is 5.17. The lowest BCUT2D eigenvalue weighted by molar-refractivity contribution is 0.102. The first-order chi connectivity index (χ1) is 10.7. The molecule has 0 spiro atoms. The van der Waals surface area contributed by atoms with Crippen molar-refractivity contribution in [1.29, 1.82) is 5.26 Å². The molecule has 0 saturated heterocycles. The largest absolute Gasteiger partial charge is 0.497 e. The highest BCUT2D eigenvalue weighted by Gasteiger charge is 2.10. The van der Waals surface area contributed by atoms with Gasteiger partial charge in [-0.2, -0.15) is 5.26 Å². The smallest absolute Gasteiger partial charge is 0.272 e. The highest BCUT2D eigenvalue weighted by molar-refractivity contribution is 6.06. The first kappa shape index (κ1) is 13.7. The number of hydrogen-bond donors (Lipinski definition) is 2. The van der Waals surface area contributed by atoms with Crippen LogP contribution in [0.4, 0.5) is 5.69 Å². The molecular weight excluding hydrogens is 278 g/mol. The standard InChI is InChI=1S/C17H13N3O2/c1-22-14-5-6-15-12(8-14)9-16(20-15)17(21)19-13-4-2-3-11(7-13)10-18/h2-9,20H,1H3,(H,19,21). The van der Waals surface area contributed by atoms with Crippen LogP contribution in [0.25, 0.3) is 10.9 Å². The summed E-state index contributed by atoms with van der Waals surface area (Å²) in [5.41, 5.74) is 2.39. The summed E-state index contributed by atoms with van der Waals surface area (Å²) in [4.78, 5) is 15.3. The Kier molecular flexibility index (Phi) is 3.50. The third-order valence-corrected chi connectivity index (χ3v) is 3.32. The van der Waals surface area contributed by atoms with Gasteiger partial charge in [-0.3, -0.25) is 4.79 Å². The number of ether oxygens (including phenoxy) is 1. The van der Waals surface area contributed by atoms with Gasteiger partial charge in [0.1, 0.15) is 11.4 Å². The lowest BCUT2D eigenvalue weighted by Gasteiger charge is -2.03. The van der Waals surface area contributed by atoms with Gasteiger partial charge >= 0.3 is 0 Å². The summed E-state index contributed by atoms with van der Waals surface area (Å²) in [5.74, 6) is 0.477. The molecule has 22 heavy (non-hydrogen) atoms. The number of carbonyl (C=O) groups excluding carboxylic acids is 1. The van der Waals surface area contributed by atoms with Crippen molar-refractivity contribution in [2.45, 2.75) is 0 Å². The van der Waals surface area contributed by atoms with Gasteiger partial charge in [0.05, 0.1) is 18.7 Å². The molecule has 1 amide bonds. The molecule has 0 fully saturated rings. The predicted octanol–water partition coefficient (Wildman–Crippen LogP) is 3.30. The average Bonchev–Trinajstić information content (AvgIpc) is 2.98. The number of nitriles is 1. The Balaban J connectivity index is 1.87. The molecule has 5 nitrogen and oxygen atoms in total. The van der Waals surface area contributed by atoms with E-state index in [0.29, 0.717) is 16.9 Å². The maximum atomic E-state index is 12.3. The number of fused-ring (bicyclic) bond motifs is 1. The molecule has 2 N–H and O–H groups in total. The Morgan fingerprint density at radius 3 is 2.86 bits per heavy atom. The molecule has 0 aliphatic carbocycles. The number of anilines is 1. The Bertz CT molecular complexity index is 890. The Morgan fingerprint density at radius 2 is 2.09 bits per heavy atom. The molecule has 0 saturated carbocycles. The summed E-state index contributed by atoms with van der Waals surface area (Å²) in [6.45, 7) is 0. The van der Waals surface area contributed by atoms with Crippen molar-refractivity contribution in [2.24, 2.45) is 0 Å². The lowest BCUT2D eigenvalue weighted by atomic mass is 10.2. The van der Waals surface area contributed by atoms with Crippen LogP contribution < -0.4 is 10.1 Å². The normalized spacial score (nSPS) is 10.2. The number of rotatable bonds is 3. The van der Waals surface area contributed by atoms with E-state index in [1.54, 1.807) is 37.4 Å². The molecular formula is C17H13N3O2. The molecule has 3 rings (SSSR count). The van der Waals surface area contributed by atoms with E-state index in [1.807, 2.05) is 24.3 Å².